The summed E-state index contributed by atoms with van der Waals surface area (Å²) in [5.41, 5.74) is 3.49. The number of imidazole rings is 1. The Morgan fingerprint density at radius 1 is 1.06 bits per heavy atom. The summed E-state index contributed by atoms with van der Waals surface area (Å²) in [6.07, 6.45) is 3.65. The largest absolute Gasteiger partial charge is 0.495 e. The minimum absolute atomic E-state index is 0. The Morgan fingerprint density at radius 2 is 1.90 bits per heavy atom. The molecule has 0 bridgehead atoms. The number of rotatable bonds is 6. The normalized spacial score (nSPS) is 10.5. The monoisotopic (exact) mass is 443 g/mol. The first-order valence-corrected chi connectivity index (χ1v) is 9.25. The van der Waals surface area contributed by atoms with Gasteiger partial charge in [-0.05, 0) is 37.3 Å². The molecule has 0 saturated heterocycles. The molecule has 0 unspecified atom stereocenters. The van der Waals surface area contributed by atoms with Crippen LogP contribution in [0.2, 0.25) is 0 Å². The maximum atomic E-state index is 13.7. The molecule has 9 heteroatoms. The molecule has 2 aromatic heterocycles. The summed E-state index contributed by atoms with van der Waals surface area (Å²) in [6.45, 7) is 2.02. The van der Waals surface area contributed by atoms with E-state index in [0.717, 1.165) is 23.0 Å². The van der Waals surface area contributed by atoms with Crippen LogP contribution >= 0.6 is 12.4 Å². The lowest BCUT2D eigenvalue weighted by atomic mass is 10.1. The first-order chi connectivity index (χ1) is 14.5. The van der Waals surface area contributed by atoms with Crippen LogP contribution in [-0.4, -0.2) is 26.9 Å². The molecule has 160 valence electrons. The number of ether oxygens (including phenoxy) is 1. The zero-order chi connectivity index (χ0) is 21.1. The third kappa shape index (κ3) is 4.80. The Balaban J connectivity index is 0.00000272. The van der Waals surface area contributed by atoms with Crippen LogP contribution in [0.5, 0.6) is 5.75 Å². The SMILES string of the molecule is COc1cc(-c2ccc(NCc3cccc(F)c3F)nn2)ccc1-n1cnc(C)c1.Cl. The number of nitrogens with zero attached hydrogens (tertiary/aromatic N) is 4. The molecular formula is C22H20ClF2N5O. The van der Waals surface area contributed by atoms with Crippen molar-refractivity contribution in [2.75, 3.05) is 12.4 Å². The Morgan fingerprint density at radius 3 is 2.58 bits per heavy atom. The zero-order valence-electron chi connectivity index (χ0n) is 16.8. The molecule has 0 aliphatic carbocycles. The van der Waals surface area contributed by atoms with E-state index in [9.17, 15) is 8.78 Å². The summed E-state index contributed by atoms with van der Waals surface area (Å²) in [6, 6.07) is 13.3. The molecule has 31 heavy (non-hydrogen) atoms. The second-order valence-corrected chi connectivity index (χ2v) is 6.68. The second-order valence-electron chi connectivity index (χ2n) is 6.68. The van der Waals surface area contributed by atoms with Gasteiger partial charge in [0.1, 0.15) is 11.6 Å². The fourth-order valence-electron chi connectivity index (χ4n) is 3.05. The van der Waals surface area contributed by atoms with Gasteiger partial charge in [-0.25, -0.2) is 13.8 Å². The summed E-state index contributed by atoms with van der Waals surface area (Å²) in [4.78, 5) is 4.24. The van der Waals surface area contributed by atoms with E-state index in [-0.39, 0.29) is 24.5 Å². The van der Waals surface area contributed by atoms with E-state index in [1.807, 2.05) is 35.9 Å². The Bertz CT molecular complexity index is 1180. The molecule has 6 nitrogen and oxygen atoms in total. The van der Waals surface area contributed by atoms with Gasteiger partial charge in [-0.15, -0.1) is 22.6 Å². The van der Waals surface area contributed by atoms with Crippen molar-refractivity contribution in [1.82, 2.24) is 19.7 Å². The van der Waals surface area contributed by atoms with E-state index in [1.54, 1.807) is 25.6 Å². The quantitative estimate of drug-likeness (QED) is 0.456. The predicted molar refractivity (Wildman–Crippen MR) is 117 cm³/mol. The van der Waals surface area contributed by atoms with Crippen LogP contribution in [0.15, 0.2) is 61.1 Å². The van der Waals surface area contributed by atoms with Gasteiger partial charge in [0.15, 0.2) is 11.6 Å². The Hall–Kier alpha value is -3.52. The fraction of sp³-hybridized carbons (Fsp3) is 0.136. The number of halogens is 3. The molecule has 0 radical (unpaired) electrons. The number of anilines is 1. The highest BCUT2D eigenvalue weighted by molar-refractivity contribution is 5.85. The van der Waals surface area contributed by atoms with Crippen molar-refractivity contribution in [3.63, 3.8) is 0 Å². The minimum Gasteiger partial charge on any atom is -0.495 e. The van der Waals surface area contributed by atoms with Crippen molar-refractivity contribution < 1.29 is 13.5 Å². The van der Waals surface area contributed by atoms with E-state index in [0.29, 0.717) is 17.3 Å². The number of aryl methyl sites for hydroxylation is 1. The molecule has 0 aliphatic rings. The molecule has 0 fully saturated rings. The number of hydrogen-bond acceptors (Lipinski definition) is 5. The topological polar surface area (TPSA) is 64.9 Å². The van der Waals surface area contributed by atoms with Crippen LogP contribution in [-0.2, 0) is 6.54 Å². The molecule has 2 heterocycles. The van der Waals surface area contributed by atoms with Gasteiger partial charge < -0.3 is 14.6 Å². The highest BCUT2D eigenvalue weighted by Crippen LogP contribution is 2.29. The van der Waals surface area contributed by atoms with Gasteiger partial charge in [0.05, 0.1) is 30.5 Å². The lowest BCUT2D eigenvalue weighted by Crippen LogP contribution is -2.05. The van der Waals surface area contributed by atoms with Gasteiger partial charge >= 0.3 is 0 Å². The van der Waals surface area contributed by atoms with E-state index < -0.39 is 11.6 Å². The van der Waals surface area contributed by atoms with E-state index >= 15 is 0 Å². The summed E-state index contributed by atoms with van der Waals surface area (Å²) < 4.78 is 34.5. The van der Waals surface area contributed by atoms with E-state index in [2.05, 4.69) is 20.5 Å². The molecule has 0 amide bonds. The lowest BCUT2D eigenvalue weighted by Gasteiger charge is -2.11. The zero-order valence-corrected chi connectivity index (χ0v) is 17.7. The molecule has 0 spiro atoms. The molecule has 4 rings (SSSR count). The van der Waals surface area contributed by atoms with Gasteiger partial charge in [0.2, 0.25) is 0 Å². The van der Waals surface area contributed by atoms with E-state index in [1.165, 1.54) is 12.1 Å². The summed E-state index contributed by atoms with van der Waals surface area (Å²) in [5.74, 6) is -0.607. The maximum absolute atomic E-state index is 13.7. The molecule has 4 aromatic rings. The molecule has 1 N–H and O–H groups in total. The van der Waals surface area contributed by atoms with Crippen molar-refractivity contribution >= 4 is 18.2 Å². The third-order valence-electron chi connectivity index (χ3n) is 4.62. The summed E-state index contributed by atoms with van der Waals surface area (Å²) in [5, 5.41) is 11.3. The molecular weight excluding hydrogens is 424 g/mol. The first kappa shape index (κ1) is 22.2. The van der Waals surface area contributed by atoms with Gasteiger partial charge in [-0.1, -0.05) is 18.2 Å². The second kappa shape index (κ2) is 9.53. The van der Waals surface area contributed by atoms with Crippen LogP contribution in [0, 0.1) is 18.6 Å². The lowest BCUT2D eigenvalue weighted by molar-refractivity contribution is 0.413. The van der Waals surface area contributed by atoms with Crippen LogP contribution in [0.3, 0.4) is 0 Å². The van der Waals surface area contributed by atoms with Gasteiger partial charge in [0, 0.05) is 23.9 Å². The number of nitrogens with one attached hydrogen (secondary N) is 1. The van der Waals surface area contributed by atoms with Crippen LogP contribution in [0.1, 0.15) is 11.3 Å². The van der Waals surface area contributed by atoms with Crippen molar-refractivity contribution in [1.29, 1.82) is 0 Å². The van der Waals surface area contributed by atoms with Crippen molar-refractivity contribution in [3.8, 4) is 22.7 Å². The predicted octanol–water partition coefficient (Wildman–Crippen LogP) is 4.96. The van der Waals surface area contributed by atoms with Gasteiger partial charge in [-0.2, -0.15) is 0 Å². The van der Waals surface area contributed by atoms with Crippen LogP contribution in [0.25, 0.3) is 16.9 Å². The molecule has 2 aromatic carbocycles. The maximum Gasteiger partial charge on any atom is 0.163 e. The fourth-order valence-corrected chi connectivity index (χ4v) is 3.05. The Kier molecular flexibility index (Phi) is 6.81. The third-order valence-corrected chi connectivity index (χ3v) is 4.62. The van der Waals surface area contributed by atoms with Crippen molar-refractivity contribution in [2.45, 2.75) is 13.5 Å². The molecule has 0 saturated carbocycles. The number of methoxy groups -OCH3 is 1. The van der Waals surface area contributed by atoms with Crippen molar-refractivity contribution in [2.24, 2.45) is 0 Å². The summed E-state index contributed by atoms with van der Waals surface area (Å²) >= 11 is 0. The molecule has 0 atom stereocenters. The van der Waals surface area contributed by atoms with Gasteiger partial charge in [0.25, 0.3) is 0 Å². The van der Waals surface area contributed by atoms with E-state index in [4.69, 9.17) is 4.74 Å². The van der Waals surface area contributed by atoms with Gasteiger partial charge in [-0.3, -0.25) is 0 Å². The van der Waals surface area contributed by atoms with Crippen LogP contribution in [0.4, 0.5) is 14.6 Å². The average Bonchev–Trinajstić information content (AvgIpc) is 3.21. The smallest absolute Gasteiger partial charge is 0.163 e. The number of benzene rings is 2. The summed E-state index contributed by atoms with van der Waals surface area (Å²) in [7, 11) is 1.61. The minimum atomic E-state index is -0.876. The highest BCUT2D eigenvalue weighted by Gasteiger charge is 2.11. The first-order valence-electron chi connectivity index (χ1n) is 9.25. The van der Waals surface area contributed by atoms with Crippen LogP contribution < -0.4 is 10.1 Å². The number of aromatic nitrogens is 4. The Labute approximate surface area is 184 Å². The molecule has 0 aliphatic heterocycles. The average molecular weight is 444 g/mol. The van der Waals surface area contributed by atoms with Crippen molar-refractivity contribution in [3.05, 3.63) is 83.9 Å². The highest BCUT2D eigenvalue weighted by atomic mass is 35.5. The standard InChI is InChI=1S/C22H19F2N5O.ClH/c1-14-12-29(13-26-14)19-8-6-15(10-20(19)30-2)18-7-9-21(28-27-18)25-11-16-4-3-5-17(23)22(16)24;/h3-10,12-13H,11H2,1-2H3,(H,25,28);1H. The number of hydrogen-bond donors (Lipinski definition) is 1.